The van der Waals surface area contributed by atoms with E-state index in [0.717, 1.165) is 13.1 Å². The molecule has 0 aliphatic carbocycles. The van der Waals surface area contributed by atoms with Crippen LogP contribution in [-0.4, -0.2) is 38.1 Å². The highest BCUT2D eigenvalue weighted by molar-refractivity contribution is 4.91. The zero-order valence-corrected chi connectivity index (χ0v) is 8.46. The van der Waals surface area contributed by atoms with Gasteiger partial charge in [0.1, 0.15) is 0 Å². The standard InChI is InChI=1S/C9H19N3/c1-8(2)9(7-10)11-5-6-12(3)4/h8-9,11H,5-6H2,1-4H3. The fourth-order valence-corrected chi connectivity index (χ4v) is 0.874. The zero-order chi connectivity index (χ0) is 9.56. The van der Waals surface area contributed by atoms with Crippen LogP contribution in [0.5, 0.6) is 0 Å². The van der Waals surface area contributed by atoms with Gasteiger partial charge >= 0.3 is 0 Å². The lowest BCUT2D eigenvalue weighted by Crippen LogP contribution is -2.37. The number of nitrogens with one attached hydrogen (secondary N) is 1. The Bertz CT molecular complexity index is 146. The molecule has 0 saturated carbocycles. The molecule has 0 fully saturated rings. The van der Waals surface area contributed by atoms with Crippen molar-refractivity contribution in [2.24, 2.45) is 5.92 Å². The van der Waals surface area contributed by atoms with Gasteiger partial charge in [-0.2, -0.15) is 5.26 Å². The molecule has 0 aromatic rings. The first kappa shape index (κ1) is 11.4. The molecule has 1 atom stereocenters. The van der Waals surface area contributed by atoms with E-state index in [4.69, 9.17) is 5.26 Å². The summed E-state index contributed by atoms with van der Waals surface area (Å²) in [7, 11) is 4.05. The SMILES string of the molecule is CC(C)C(C#N)NCCN(C)C. The Morgan fingerprint density at radius 2 is 2.00 bits per heavy atom. The molecular weight excluding hydrogens is 150 g/mol. The van der Waals surface area contributed by atoms with Crippen molar-refractivity contribution in [1.82, 2.24) is 10.2 Å². The maximum Gasteiger partial charge on any atom is 0.0976 e. The highest BCUT2D eigenvalue weighted by atomic mass is 15.1. The third-order valence-corrected chi connectivity index (χ3v) is 1.73. The first-order chi connectivity index (χ1) is 5.57. The number of nitriles is 1. The van der Waals surface area contributed by atoms with E-state index >= 15 is 0 Å². The predicted octanol–water partition coefficient (Wildman–Crippen LogP) is 0.686. The van der Waals surface area contributed by atoms with E-state index in [9.17, 15) is 0 Å². The quantitative estimate of drug-likeness (QED) is 0.658. The molecule has 70 valence electrons. The average molecular weight is 169 g/mol. The summed E-state index contributed by atoms with van der Waals surface area (Å²) in [5.74, 6) is 0.386. The van der Waals surface area contributed by atoms with Crippen LogP contribution in [-0.2, 0) is 0 Å². The van der Waals surface area contributed by atoms with Gasteiger partial charge in [0, 0.05) is 13.1 Å². The summed E-state index contributed by atoms with van der Waals surface area (Å²) in [4.78, 5) is 2.10. The fraction of sp³-hybridized carbons (Fsp3) is 0.889. The second-order valence-corrected chi connectivity index (χ2v) is 3.61. The lowest BCUT2D eigenvalue weighted by Gasteiger charge is -2.16. The van der Waals surface area contributed by atoms with E-state index < -0.39 is 0 Å². The molecule has 0 radical (unpaired) electrons. The molecule has 0 amide bonds. The highest BCUT2D eigenvalue weighted by Crippen LogP contribution is 1.98. The van der Waals surface area contributed by atoms with Crippen LogP contribution in [0.3, 0.4) is 0 Å². The van der Waals surface area contributed by atoms with E-state index in [0.29, 0.717) is 5.92 Å². The first-order valence-electron chi connectivity index (χ1n) is 4.35. The van der Waals surface area contributed by atoms with Gasteiger partial charge in [0.2, 0.25) is 0 Å². The molecule has 0 saturated heterocycles. The van der Waals surface area contributed by atoms with Gasteiger partial charge in [0.25, 0.3) is 0 Å². The monoisotopic (exact) mass is 169 g/mol. The third-order valence-electron chi connectivity index (χ3n) is 1.73. The molecule has 0 aliphatic heterocycles. The normalized spacial score (nSPS) is 13.4. The maximum absolute atomic E-state index is 8.74. The number of rotatable bonds is 5. The minimum absolute atomic E-state index is 0.00931. The van der Waals surface area contributed by atoms with E-state index in [2.05, 4.69) is 30.1 Å². The third kappa shape index (κ3) is 5.11. The lowest BCUT2D eigenvalue weighted by atomic mass is 10.1. The van der Waals surface area contributed by atoms with Crippen LogP contribution in [0.15, 0.2) is 0 Å². The predicted molar refractivity (Wildman–Crippen MR) is 50.8 cm³/mol. The van der Waals surface area contributed by atoms with Crippen molar-refractivity contribution in [3.8, 4) is 6.07 Å². The Hall–Kier alpha value is -0.590. The van der Waals surface area contributed by atoms with Gasteiger partial charge in [0.05, 0.1) is 12.1 Å². The molecule has 0 bridgehead atoms. The van der Waals surface area contributed by atoms with Crippen LogP contribution < -0.4 is 5.32 Å². The average Bonchev–Trinajstić information content (AvgIpc) is 1.96. The molecular formula is C9H19N3. The van der Waals surface area contributed by atoms with Crippen molar-refractivity contribution in [3.63, 3.8) is 0 Å². The molecule has 0 aliphatic rings. The van der Waals surface area contributed by atoms with Gasteiger partial charge in [-0.1, -0.05) is 13.8 Å². The van der Waals surface area contributed by atoms with Crippen molar-refractivity contribution in [2.45, 2.75) is 19.9 Å². The molecule has 1 unspecified atom stereocenters. The maximum atomic E-state index is 8.74. The molecule has 3 heteroatoms. The number of hydrogen-bond acceptors (Lipinski definition) is 3. The first-order valence-corrected chi connectivity index (χ1v) is 4.35. The Morgan fingerprint density at radius 1 is 1.42 bits per heavy atom. The molecule has 0 heterocycles. The summed E-state index contributed by atoms with van der Waals surface area (Å²) in [5, 5.41) is 11.9. The second kappa shape index (κ2) is 5.99. The number of hydrogen-bond donors (Lipinski definition) is 1. The van der Waals surface area contributed by atoms with Gasteiger partial charge < -0.3 is 10.2 Å². The summed E-state index contributed by atoms with van der Waals surface area (Å²) in [6.07, 6.45) is 0. The Balaban J connectivity index is 3.54. The van der Waals surface area contributed by atoms with Gasteiger partial charge in [-0.3, -0.25) is 0 Å². The number of likely N-dealkylation sites (N-methyl/N-ethyl adjacent to an activating group) is 1. The van der Waals surface area contributed by atoms with E-state index in [1.54, 1.807) is 0 Å². The van der Waals surface area contributed by atoms with Crippen LogP contribution in [0, 0.1) is 17.2 Å². The van der Waals surface area contributed by atoms with Crippen LogP contribution in [0.2, 0.25) is 0 Å². The topological polar surface area (TPSA) is 39.1 Å². The van der Waals surface area contributed by atoms with Crippen molar-refractivity contribution in [2.75, 3.05) is 27.2 Å². The largest absolute Gasteiger partial charge is 0.308 e. The Kier molecular flexibility index (Phi) is 5.69. The minimum Gasteiger partial charge on any atom is -0.308 e. The van der Waals surface area contributed by atoms with Crippen LogP contribution in [0.4, 0.5) is 0 Å². The van der Waals surface area contributed by atoms with Crippen molar-refractivity contribution in [1.29, 1.82) is 5.26 Å². The van der Waals surface area contributed by atoms with E-state index in [1.807, 2.05) is 14.1 Å². The summed E-state index contributed by atoms with van der Waals surface area (Å²) >= 11 is 0. The van der Waals surface area contributed by atoms with Crippen molar-refractivity contribution >= 4 is 0 Å². The summed E-state index contributed by atoms with van der Waals surface area (Å²) in [5.41, 5.74) is 0. The summed E-state index contributed by atoms with van der Waals surface area (Å²) in [6.45, 7) is 5.96. The smallest absolute Gasteiger partial charge is 0.0976 e. The molecule has 0 aromatic heterocycles. The Morgan fingerprint density at radius 3 is 2.33 bits per heavy atom. The minimum atomic E-state index is -0.00931. The molecule has 1 N–H and O–H groups in total. The Labute approximate surface area is 75.4 Å². The summed E-state index contributed by atoms with van der Waals surface area (Å²) in [6, 6.07) is 2.24. The molecule has 0 aromatic carbocycles. The van der Waals surface area contributed by atoms with Gasteiger partial charge in [-0.15, -0.1) is 0 Å². The van der Waals surface area contributed by atoms with Crippen LogP contribution >= 0.6 is 0 Å². The lowest BCUT2D eigenvalue weighted by molar-refractivity contribution is 0.377. The fourth-order valence-electron chi connectivity index (χ4n) is 0.874. The summed E-state index contributed by atoms with van der Waals surface area (Å²) < 4.78 is 0. The molecule has 3 nitrogen and oxygen atoms in total. The van der Waals surface area contributed by atoms with Gasteiger partial charge in [0.15, 0.2) is 0 Å². The molecule has 12 heavy (non-hydrogen) atoms. The van der Waals surface area contributed by atoms with Crippen LogP contribution in [0.1, 0.15) is 13.8 Å². The van der Waals surface area contributed by atoms with Gasteiger partial charge in [-0.05, 0) is 20.0 Å². The van der Waals surface area contributed by atoms with Crippen LogP contribution in [0.25, 0.3) is 0 Å². The van der Waals surface area contributed by atoms with Gasteiger partial charge in [-0.25, -0.2) is 0 Å². The molecule has 0 rings (SSSR count). The van der Waals surface area contributed by atoms with Crippen molar-refractivity contribution in [3.05, 3.63) is 0 Å². The zero-order valence-electron chi connectivity index (χ0n) is 8.46. The number of nitrogens with zero attached hydrogens (tertiary/aromatic N) is 2. The van der Waals surface area contributed by atoms with E-state index in [1.165, 1.54) is 0 Å². The van der Waals surface area contributed by atoms with E-state index in [-0.39, 0.29) is 6.04 Å². The molecule has 0 spiro atoms. The highest BCUT2D eigenvalue weighted by Gasteiger charge is 2.09. The second-order valence-electron chi connectivity index (χ2n) is 3.61. The van der Waals surface area contributed by atoms with Crippen molar-refractivity contribution < 1.29 is 0 Å².